The average molecular weight is 202 g/mol. The summed E-state index contributed by atoms with van der Waals surface area (Å²) in [6.07, 6.45) is 1.67. The van der Waals surface area contributed by atoms with Gasteiger partial charge in [0.2, 0.25) is 0 Å². The van der Waals surface area contributed by atoms with Gasteiger partial charge >= 0.3 is 0 Å². The Balaban J connectivity index is 2.64. The van der Waals surface area contributed by atoms with Gasteiger partial charge in [0, 0.05) is 19.1 Å². The van der Waals surface area contributed by atoms with Gasteiger partial charge in [-0.25, -0.2) is 0 Å². The fraction of sp³-hybridized carbons (Fsp3) is 0.667. The Kier molecular flexibility index (Phi) is 2.98. The second kappa shape index (κ2) is 3.68. The topological polar surface area (TPSA) is 29.9 Å². The molecule has 0 fully saturated rings. The summed E-state index contributed by atoms with van der Waals surface area (Å²) in [6, 6.07) is 0. The predicted molar refractivity (Wildman–Crippen MR) is 54.8 cm³/mol. The third-order valence-electron chi connectivity index (χ3n) is 1.80. The molecule has 4 heteroatoms. The second-order valence-electron chi connectivity index (χ2n) is 4.17. The van der Waals surface area contributed by atoms with Crippen molar-refractivity contribution in [2.45, 2.75) is 32.9 Å². The van der Waals surface area contributed by atoms with E-state index in [1.54, 1.807) is 10.9 Å². The van der Waals surface area contributed by atoms with Crippen LogP contribution >= 0.6 is 11.6 Å². The van der Waals surface area contributed by atoms with Gasteiger partial charge in [0.15, 0.2) is 0 Å². The molecule has 0 atom stereocenters. The van der Waals surface area contributed by atoms with Crippen molar-refractivity contribution in [1.82, 2.24) is 15.1 Å². The molecule has 1 aromatic rings. The van der Waals surface area contributed by atoms with E-state index in [4.69, 9.17) is 11.6 Å². The molecule has 0 aromatic carbocycles. The van der Waals surface area contributed by atoms with E-state index < -0.39 is 0 Å². The fourth-order valence-corrected chi connectivity index (χ4v) is 1.22. The smallest absolute Gasteiger partial charge is 0.0831 e. The van der Waals surface area contributed by atoms with Crippen LogP contribution in [0.15, 0.2) is 6.20 Å². The summed E-state index contributed by atoms with van der Waals surface area (Å²) in [4.78, 5) is 0. The number of aryl methyl sites for hydroxylation is 1. The number of aromatic nitrogens is 2. The van der Waals surface area contributed by atoms with E-state index in [0.717, 1.165) is 17.3 Å². The molecule has 1 N–H and O–H groups in total. The molecule has 0 aliphatic carbocycles. The molecule has 1 heterocycles. The van der Waals surface area contributed by atoms with Gasteiger partial charge in [-0.2, -0.15) is 5.10 Å². The van der Waals surface area contributed by atoms with Crippen molar-refractivity contribution in [3.05, 3.63) is 16.9 Å². The summed E-state index contributed by atoms with van der Waals surface area (Å²) in [5.41, 5.74) is 1.13. The molecular formula is C9H16ClN3. The SMILES string of the molecule is Cn1ncc(Cl)c1CNC(C)(C)C. The lowest BCUT2D eigenvalue weighted by Gasteiger charge is -2.20. The maximum absolute atomic E-state index is 5.95. The monoisotopic (exact) mass is 201 g/mol. The summed E-state index contributed by atoms with van der Waals surface area (Å²) in [6.45, 7) is 7.12. The number of nitrogens with zero attached hydrogens (tertiary/aromatic N) is 2. The first-order chi connectivity index (χ1) is 5.90. The van der Waals surface area contributed by atoms with Crippen LogP contribution in [0, 0.1) is 0 Å². The molecule has 0 aliphatic rings. The molecule has 74 valence electrons. The highest BCUT2D eigenvalue weighted by atomic mass is 35.5. The number of nitrogens with one attached hydrogen (secondary N) is 1. The molecule has 0 aliphatic heterocycles. The molecule has 0 radical (unpaired) electrons. The molecule has 1 aromatic heterocycles. The first-order valence-corrected chi connectivity index (χ1v) is 4.69. The summed E-state index contributed by atoms with van der Waals surface area (Å²) in [5, 5.41) is 8.14. The Bertz CT molecular complexity index is 266. The van der Waals surface area contributed by atoms with E-state index in [9.17, 15) is 0 Å². The largest absolute Gasteiger partial charge is 0.306 e. The van der Waals surface area contributed by atoms with Crippen LogP contribution in [0.4, 0.5) is 0 Å². The van der Waals surface area contributed by atoms with E-state index in [0.29, 0.717) is 0 Å². The Labute approximate surface area is 84.1 Å². The van der Waals surface area contributed by atoms with Gasteiger partial charge in [0.05, 0.1) is 16.9 Å². The molecule has 1 rings (SSSR count). The van der Waals surface area contributed by atoms with E-state index in [-0.39, 0.29) is 5.54 Å². The van der Waals surface area contributed by atoms with Gasteiger partial charge in [0.1, 0.15) is 0 Å². The first kappa shape index (κ1) is 10.5. The Morgan fingerprint density at radius 2 is 2.15 bits per heavy atom. The van der Waals surface area contributed by atoms with Crippen LogP contribution in [0.2, 0.25) is 5.02 Å². The number of halogens is 1. The van der Waals surface area contributed by atoms with Crippen molar-refractivity contribution in [3.8, 4) is 0 Å². The highest BCUT2D eigenvalue weighted by Gasteiger charge is 2.12. The average Bonchev–Trinajstić information content (AvgIpc) is 2.27. The summed E-state index contributed by atoms with van der Waals surface area (Å²) in [7, 11) is 1.89. The second-order valence-corrected chi connectivity index (χ2v) is 4.57. The van der Waals surface area contributed by atoms with Gasteiger partial charge in [-0.15, -0.1) is 0 Å². The third kappa shape index (κ3) is 3.01. The van der Waals surface area contributed by atoms with Crippen molar-refractivity contribution >= 4 is 11.6 Å². The van der Waals surface area contributed by atoms with E-state index >= 15 is 0 Å². The summed E-state index contributed by atoms with van der Waals surface area (Å²) in [5.74, 6) is 0. The van der Waals surface area contributed by atoms with Gasteiger partial charge in [-0.1, -0.05) is 11.6 Å². The van der Waals surface area contributed by atoms with E-state index in [1.807, 2.05) is 7.05 Å². The highest BCUT2D eigenvalue weighted by Crippen LogP contribution is 2.14. The Hall–Kier alpha value is -0.540. The van der Waals surface area contributed by atoms with Gasteiger partial charge in [0.25, 0.3) is 0 Å². The number of hydrogen-bond acceptors (Lipinski definition) is 2. The maximum Gasteiger partial charge on any atom is 0.0831 e. The lowest BCUT2D eigenvalue weighted by molar-refractivity contribution is 0.416. The standard InChI is InChI=1S/C9H16ClN3/c1-9(2,3)11-6-8-7(10)5-12-13(8)4/h5,11H,6H2,1-4H3. The molecular weight excluding hydrogens is 186 g/mol. The molecule has 0 saturated heterocycles. The fourth-order valence-electron chi connectivity index (χ4n) is 0.984. The van der Waals surface area contributed by atoms with Crippen molar-refractivity contribution in [2.24, 2.45) is 7.05 Å². The summed E-state index contributed by atoms with van der Waals surface area (Å²) >= 11 is 5.95. The Morgan fingerprint density at radius 3 is 2.54 bits per heavy atom. The van der Waals surface area contributed by atoms with E-state index in [2.05, 4.69) is 31.2 Å². The zero-order valence-corrected chi connectivity index (χ0v) is 9.31. The molecule has 0 bridgehead atoms. The van der Waals surface area contributed by atoms with Crippen LogP contribution in [-0.2, 0) is 13.6 Å². The number of rotatable bonds is 2. The van der Waals surface area contributed by atoms with Crippen molar-refractivity contribution in [1.29, 1.82) is 0 Å². The minimum atomic E-state index is 0.105. The quantitative estimate of drug-likeness (QED) is 0.793. The third-order valence-corrected chi connectivity index (χ3v) is 2.11. The van der Waals surface area contributed by atoms with Gasteiger partial charge < -0.3 is 5.32 Å². The molecule has 0 spiro atoms. The van der Waals surface area contributed by atoms with Gasteiger partial charge in [-0.3, -0.25) is 4.68 Å². The van der Waals surface area contributed by atoms with E-state index in [1.165, 1.54) is 0 Å². The van der Waals surface area contributed by atoms with Crippen LogP contribution in [-0.4, -0.2) is 15.3 Å². The minimum absolute atomic E-state index is 0.105. The normalized spacial score (nSPS) is 12.1. The van der Waals surface area contributed by atoms with Crippen LogP contribution < -0.4 is 5.32 Å². The molecule has 3 nitrogen and oxygen atoms in total. The van der Waals surface area contributed by atoms with Gasteiger partial charge in [-0.05, 0) is 20.8 Å². The lowest BCUT2D eigenvalue weighted by atomic mass is 10.1. The zero-order chi connectivity index (χ0) is 10.1. The molecule has 0 saturated carbocycles. The molecule has 0 amide bonds. The molecule has 0 unspecified atom stereocenters. The zero-order valence-electron chi connectivity index (χ0n) is 8.56. The van der Waals surface area contributed by atoms with Crippen LogP contribution in [0.3, 0.4) is 0 Å². The number of hydrogen-bond donors (Lipinski definition) is 1. The van der Waals surface area contributed by atoms with Crippen LogP contribution in [0.1, 0.15) is 26.5 Å². The minimum Gasteiger partial charge on any atom is -0.306 e. The lowest BCUT2D eigenvalue weighted by Crippen LogP contribution is -2.35. The van der Waals surface area contributed by atoms with Crippen molar-refractivity contribution in [2.75, 3.05) is 0 Å². The maximum atomic E-state index is 5.95. The first-order valence-electron chi connectivity index (χ1n) is 4.31. The van der Waals surface area contributed by atoms with Crippen molar-refractivity contribution in [3.63, 3.8) is 0 Å². The van der Waals surface area contributed by atoms with Crippen molar-refractivity contribution < 1.29 is 0 Å². The highest BCUT2D eigenvalue weighted by molar-refractivity contribution is 6.31. The van der Waals surface area contributed by atoms with Crippen LogP contribution in [0.25, 0.3) is 0 Å². The molecule has 13 heavy (non-hydrogen) atoms. The van der Waals surface area contributed by atoms with Crippen LogP contribution in [0.5, 0.6) is 0 Å². The Morgan fingerprint density at radius 1 is 1.54 bits per heavy atom. The predicted octanol–water partition coefficient (Wildman–Crippen LogP) is 1.96. The summed E-state index contributed by atoms with van der Waals surface area (Å²) < 4.78 is 1.79.